The van der Waals surface area contributed by atoms with Crippen LogP contribution in [0.2, 0.25) is 0 Å². The first-order valence-corrected chi connectivity index (χ1v) is 7.09. The van der Waals surface area contributed by atoms with E-state index in [1.807, 2.05) is 19.2 Å². The lowest BCUT2D eigenvalue weighted by Gasteiger charge is -2.19. The van der Waals surface area contributed by atoms with Gasteiger partial charge in [0.2, 0.25) is 0 Å². The molecule has 0 saturated heterocycles. The van der Waals surface area contributed by atoms with Gasteiger partial charge >= 0.3 is 5.76 Å². The number of nitrogens with one attached hydrogen (secondary N) is 2. The molecule has 1 aromatic heterocycles. The van der Waals surface area contributed by atoms with Crippen molar-refractivity contribution in [2.75, 3.05) is 7.05 Å². The number of aromatic nitrogens is 1. The predicted molar refractivity (Wildman–Crippen MR) is 79.7 cm³/mol. The number of fused-ring (bicyclic) bond motifs is 1. The Balaban J connectivity index is 2.02. The summed E-state index contributed by atoms with van der Waals surface area (Å²) in [6.45, 7) is 9.27. The summed E-state index contributed by atoms with van der Waals surface area (Å²) in [5.41, 5.74) is 3.15. The first-order chi connectivity index (χ1) is 9.29. The first-order valence-electron chi connectivity index (χ1n) is 7.09. The van der Waals surface area contributed by atoms with Gasteiger partial charge in [-0.3, -0.25) is 4.98 Å². The van der Waals surface area contributed by atoms with Gasteiger partial charge in [0.05, 0.1) is 5.52 Å². The smallest absolute Gasteiger partial charge is 0.408 e. The molecule has 2 N–H and O–H groups in total. The van der Waals surface area contributed by atoms with Crippen LogP contribution in [0.3, 0.4) is 0 Å². The maximum atomic E-state index is 11.3. The molecule has 0 aliphatic heterocycles. The number of rotatable bonds is 3. The number of benzene rings is 1. The van der Waals surface area contributed by atoms with Crippen LogP contribution in [-0.2, 0) is 0 Å². The molecule has 20 heavy (non-hydrogen) atoms. The van der Waals surface area contributed by atoms with Crippen LogP contribution in [0.25, 0.3) is 11.1 Å². The van der Waals surface area contributed by atoms with Gasteiger partial charge in [-0.05, 0) is 41.5 Å². The van der Waals surface area contributed by atoms with Crippen molar-refractivity contribution < 1.29 is 4.42 Å². The third-order valence-electron chi connectivity index (χ3n) is 5.58. The molecule has 1 aromatic carbocycles. The van der Waals surface area contributed by atoms with Gasteiger partial charge in [-0.25, -0.2) is 4.79 Å². The molecule has 108 valence electrons. The van der Waals surface area contributed by atoms with Crippen molar-refractivity contribution in [3.05, 3.63) is 34.3 Å². The van der Waals surface area contributed by atoms with Gasteiger partial charge in [-0.1, -0.05) is 33.8 Å². The summed E-state index contributed by atoms with van der Waals surface area (Å²) in [5, 5.41) is 3.43. The van der Waals surface area contributed by atoms with Crippen LogP contribution in [0.5, 0.6) is 0 Å². The van der Waals surface area contributed by atoms with E-state index in [2.05, 4.69) is 44.1 Å². The maximum absolute atomic E-state index is 11.3. The van der Waals surface area contributed by atoms with Gasteiger partial charge in [0.25, 0.3) is 0 Å². The zero-order valence-corrected chi connectivity index (χ0v) is 12.7. The van der Waals surface area contributed by atoms with Gasteiger partial charge in [0.1, 0.15) is 0 Å². The highest BCUT2D eigenvalue weighted by molar-refractivity contribution is 5.73. The van der Waals surface area contributed by atoms with Crippen LogP contribution in [-0.4, -0.2) is 12.0 Å². The van der Waals surface area contributed by atoms with Crippen molar-refractivity contribution in [3.8, 4) is 0 Å². The summed E-state index contributed by atoms with van der Waals surface area (Å²) in [5.74, 6) is 0.161. The van der Waals surface area contributed by atoms with E-state index >= 15 is 0 Å². The molecule has 1 saturated carbocycles. The van der Waals surface area contributed by atoms with Crippen molar-refractivity contribution in [2.24, 2.45) is 16.7 Å². The van der Waals surface area contributed by atoms with Crippen LogP contribution in [0.15, 0.2) is 27.4 Å². The molecule has 1 heterocycles. The number of oxazole rings is 1. The molecule has 3 rings (SSSR count). The third kappa shape index (κ3) is 1.67. The summed E-state index contributed by atoms with van der Waals surface area (Å²) in [4.78, 5) is 13.9. The average molecular weight is 274 g/mol. The normalized spacial score (nSPS) is 22.1. The van der Waals surface area contributed by atoms with E-state index in [4.69, 9.17) is 4.42 Å². The number of hydrogen-bond donors (Lipinski definition) is 2. The van der Waals surface area contributed by atoms with Crippen LogP contribution >= 0.6 is 0 Å². The quantitative estimate of drug-likeness (QED) is 0.904. The Kier molecular flexibility index (Phi) is 2.67. The summed E-state index contributed by atoms with van der Waals surface area (Å²) < 4.78 is 5.17. The minimum Gasteiger partial charge on any atom is -0.408 e. The highest BCUT2D eigenvalue weighted by Gasteiger charge is 2.67. The van der Waals surface area contributed by atoms with E-state index in [0.717, 1.165) is 5.52 Å². The lowest BCUT2D eigenvalue weighted by molar-refractivity contribution is 0.437. The van der Waals surface area contributed by atoms with E-state index < -0.39 is 5.76 Å². The van der Waals surface area contributed by atoms with Gasteiger partial charge in [-0.2, -0.15) is 0 Å². The topological polar surface area (TPSA) is 58.0 Å². The first kappa shape index (κ1) is 13.4. The second-order valence-electron chi connectivity index (χ2n) is 6.96. The fraction of sp³-hybridized carbons (Fsp3) is 0.562. The Hall–Kier alpha value is -1.55. The molecule has 0 radical (unpaired) electrons. The van der Waals surface area contributed by atoms with E-state index in [1.165, 1.54) is 5.56 Å². The molecule has 1 atom stereocenters. The van der Waals surface area contributed by atoms with Crippen LogP contribution < -0.4 is 11.1 Å². The Morgan fingerprint density at radius 3 is 2.45 bits per heavy atom. The van der Waals surface area contributed by atoms with Crippen molar-refractivity contribution >= 4 is 11.1 Å². The van der Waals surface area contributed by atoms with Gasteiger partial charge in [0.15, 0.2) is 5.58 Å². The zero-order valence-electron chi connectivity index (χ0n) is 12.7. The maximum Gasteiger partial charge on any atom is 0.417 e. The summed E-state index contributed by atoms with van der Waals surface area (Å²) >= 11 is 0. The minimum absolute atomic E-state index is 0.268. The third-order valence-corrected chi connectivity index (χ3v) is 5.58. The summed E-state index contributed by atoms with van der Waals surface area (Å²) in [6, 6.07) is 6.23. The van der Waals surface area contributed by atoms with E-state index in [-0.39, 0.29) is 6.04 Å². The molecule has 0 spiro atoms. The van der Waals surface area contributed by atoms with Gasteiger partial charge in [0, 0.05) is 6.04 Å². The Morgan fingerprint density at radius 1 is 1.25 bits per heavy atom. The summed E-state index contributed by atoms with van der Waals surface area (Å²) in [7, 11) is 1.99. The molecule has 4 nitrogen and oxygen atoms in total. The van der Waals surface area contributed by atoms with Crippen molar-refractivity contribution in [3.63, 3.8) is 0 Å². The molecule has 1 fully saturated rings. The summed E-state index contributed by atoms with van der Waals surface area (Å²) in [6.07, 6.45) is 0. The Bertz CT molecular complexity index is 695. The SMILES string of the molecule is CNC(c1ccc2[nH]c(=O)oc2c1)C1C(C)(C)C1(C)C. The number of H-pyrrole nitrogens is 1. The standard InChI is InChI=1S/C16H22N2O2/c1-15(2)13(16(15,3)4)12(17-5)9-6-7-10-11(8-9)20-14(19)18-10/h6-8,12-13,17H,1-5H3,(H,18,19). The zero-order chi connectivity index (χ0) is 14.7. The predicted octanol–water partition coefficient (Wildman–Crippen LogP) is 3.06. The highest BCUT2D eigenvalue weighted by Crippen LogP contribution is 2.72. The highest BCUT2D eigenvalue weighted by atomic mass is 16.4. The second-order valence-corrected chi connectivity index (χ2v) is 6.96. The number of aromatic amines is 1. The largest absolute Gasteiger partial charge is 0.417 e. The fourth-order valence-electron chi connectivity index (χ4n) is 3.76. The monoisotopic (exact) mass is 274 g/mol. The van der Waals surface area contributed by atoms with E-state index in [0.29, 0.717) is 22.3 Å². The van der Waals surface area contributed by atoms with E-state index in [1.54, 1.807) is 0 Å². The molecule has 0 bridgehead atoms. The lowest BCUT2D eigenvalue weighted by Crippen LogP contribution is -2.21. The molecule has 1 unspecified atom stereocenters. The molecular weight excluding hydrogens is 252 g/mol. The van der Waals surface area contributed by atoms with Crippen molar-refractivity contribution in [2.45, 2.75) is 33.7 Å². The van der Waals surface area contributed by atoms with Crippen LogP contribution in [0.4, 0.5) is 0 Å². The fourth-order valence-corrected chi connectivity index (χ4v) is 3.76. The molecule has 1 aliphatic carbocycles. The van der Waals surface area contributed by atoms with Gasteiger partial charge < -0.3 is 9.73 Å². The molecular formula is C16H22N2O2. The van der Waals surface area contributed by atoms with Crippen LogP contribution in [0, 0.1) is 16.7 Å². The lowest BCUT2D eigenvalue weighted by atomic mass is 9.96. The minimum atomic E-state index is -0.398. The van der Waals surface area contributed by atoms with Gasteiger partial charge in [-0.15, -0.1) is 0 Å². The molecule has 1 aliphatic rings. The number of hydrogen-bond acceptors (Lipinski definition) is 3. The van der Waals surface area contributed by atoms with Crippen molar-refractivity contribution in [1.29, 1.82) is 0 Å². The Morgan fingerprint density at radius 2 is 1.90 bits per heavy atom. The molecule has 0 amide bonds. The van der Waals surface area contributed by atoms with Crippen LogP contribution in [0.1, 0.15) is 39.3 Å². The molecule has 2 aromatic rings. The average Bonchev–Trinajstić information content (AvgIpc) is 2.68. The van der Waals surface area contributed by atoms with Crippen molar-refractivity contribution in [1.82, 2.24) is 10.3 Å². The Labute approximate surface area is 118 Å². The second kappa shape index (κ2) is 3.98. The molecule has 4 heteroatoms. The van der Waals surface area contributed by atoms with E-state index in [9.17, 15) is 4.79 Å².